The normalized spacial score (nSPS) is 10.7. The number of para-hydroxylation sites is 1. The number of benzene rings is 3. The van der Waals surface area contributed by atoms with Gasteiger partial charge in [0.05, 0.1) is 30.4 Å². The topological polar surface area (TPSA) is 71.5 Å². The van der Waals surface area contributed by atoms with Crippen LogP contribution in [-0.2, 0) is 4.79 Å². The Morgan fingerprint density at radius 2 is 1.71 bits per heavy atom. The van der Waals surface area contributed by atoms with Crippen molar-refractivity contribution in [1.82, 2.24) is 9.88 Å². The minimum atomic E-state index is -0.252. The Morgan fingerprint density at radius 1 is 0.971 bits per heavy atom. The molecule has 0 unspecified atom stereocenters. The number of methoxy groups -OCH3 is 1. The number of rotatable bonds is 6. The zero-order valence-electron chi connectivity index (χ0n) is 19.8. The number of nitrogens with one attached hydrogen (secondary N) is 1. The van der Waals surface area contributed by atoms with Crippen LogP contribution in [0, 0.1) is 13.8 Å². The number of aryl methyl sites for hydroxylation is 1. The Labute approximate surface area is 199 Å². The summed E-state index contributed by atoms with van der Waals surface area (Å²) in [6, 6.07) is 22.6. The Bertz CT molecular complexity index is 1360. The first-order chi connectivity index (χ1) is 16.4. The Hall–Kier alpha value is -4.19. The van der Waals surface area contributed by atoms with Crippen molar-refractivity contribution in [3.63, 3.8) is 0 Å². The van der Waals surface area contributed by atoms with Crippen molar-refractivity contribution in [2.45, 2.75) is 13.8 Å². The van der Waals surface area contributed by atoms with Gasteiger partial charge in [0.25, 0.3) is 5.91 Å². The summed E-state index contributed by atoms with van der Waals surface area (Å²) in [5.74, 6) is 0.248. The lowest BCUT2D eigenvalue weighted by molar-refractivity contribution is -0.116. The molecule has 3 aromatic carbocycles. The highest BCUT2D eigenvalue weighted by Crippen LogP contribution is 2.27. The van der Waals surface area contributed by atoms with E-state index in [1.807, 2.05) is 80.6 Å². The molecule has 6 nitrogen and oxygen atoms in total. The van der Waals surface area contributed by atoms with Crippen LogP contribution in [0.25, 0.3) is 22.2 Å². The van der Waals surface area contributed by atoms with Crippen LogP contribution in [0.2, 0.25) is 0 Å². The molecule has 4 aromatic rings. The predicted octanol–water partition coefficient (Wildman–Crippen LogP) is 5.24. The van der Waals surface area contributed by atoms with Crippen LogP contribution >= 0.6 is 0 Å². The fourth-order valence-corrected chi connectivity index (χ4v) is 3.83. The van der Waals surface area contributed by atoms with Crippen LogP contribution in [0.1, 0.15) is 21.5 Å². The molecule has 0 bridgehead atoms. The van der Waals surface area contributed by atoms with Gasteiger partial charge in [0, 0.05) is 23.7 Å². The van der Waals surface area contributed by atoms with Crippen LogP contribution in [-0.4, -0.2) is 42.4 Å². The fraction of sp³-hybridized carbons (Fsp3) is 0.179. The van der Waals surface area contributed by atoms with E-state index >= 15 is 0 Å². The molecule has 172 valence electrons. The number of anilines is 1. The van der Waals surface area contributed by atoms with Gasteiger partial charge in [0.15, 0.2) is 0 Å². The first-order valence-corrected chi connectivity index (χ1v) is 11.0. The lowest BCUT2D eigenvalue weighted by atomic mass is 10.0. The molecule has 34 heavy (non-hydrogen) atoms. The maximum absolute atomic E-state index is 13.4. The number of pyridine rings is 1. The van der Waals surface area contributed by atoms with E-state index in [4.69, 9.17) is 9.72 Å². The minimum absolute atomic E-state index is 0.0687. The van der Waals surface area contributed by atoms with Gasteiger partial charge in [-0.25, -0.2) is 4.98 Å². The summed E-state index contributed by atoms with van der Waals surface area (Å²) >= 11 is 0. The van der Waals surface area contributed by atoms with E-state index in [9.17, 15) is 9.59 Å². The van der Waals surface area contributed by atoms with Crippen molar-refractivity contribution < 1.29 is 14.3 Å². The van der Waals surface area contributed by atoms with E-state index in [1.165, 1.54) is 4.90 Å². The molecule has 1 heterocycles. The summed E-state index contributed by atoms with van der Waals surface area (Å²) in [4.78, 5) is 32.3. The number of fused-ring (bicyclic) bond motifs is 1. The maximum atomic E-state index is 13.4. The molecule has 1 N–H and O–H groups in total. The van der Waals surface area contributed by atoms with Crippen LogP contribution in [0.5, 0.6) is 5.75 Å². The van der Waals surface area contributed by atoms with E-state index in [1.54, 1.807) is 20.2 Å². The summed E-state index contributed by atoms with van der Waals surface area (Å²) in [7, 11) is 3.25. The van der Waals surface area contributed by atoms with Crippen LogP contribution in [0.3, 0.4) is 0 Å². The van der Waals surface area contributed by atoms with Gasteiger partial charge >= 0.3 is 0 Å². The third kappa shape index (κ3) is 4.76. The fourth-order valence-electron chi connectivity index (χ4n) is 3.83. The maximum Gasteiger partial charge on any atom is 0.254 e. The van der Waals surface area contributed by atoms with Crippen molar-refractivity contribution in [2.75, 3.05) is 26.0 Å². The second-order valence-electron chi connectivity index (χ2n) is 8.26. The predicted molar refractivity (Wildman–Crippen MR) is 135 cm³/mol. The van der Waals surface area contributed by atoms with Gasteiger partial charge in [-0.2, -0.15) is 0 Å². The Balaban J connectivity index is 1.61. The number of aromatic nitrogens is 1. The van der Waals surface area contributed by atoms with Gasteiger partial charge < -0.3 is 15.0 Å². The molecule has 0 spiro atoms. The molecule has 0 fully saturated rings. The first kappa shape index (κ1) is 23.0. The zero-order chi connectivity index (χ0) is 24.2. The van der Waals surface area contributed by atoms with Crippen LogP contribution in [0.4, 0.5) is 5.69 Å². The number of amides is 2. The van der Waals surface area contributed by atoms with Crippen LogP contribution in [0.15, 0.2) is 72.8 Å². The highest BCUT2D eigenvalue weighted by Gasteiger charge is 2.20. The number of nitrogens with zero attached hydrogens (tertiary/aromatic N) is 2. The van der Waals surface area contributed by atoms with Crippen molar-refractivity contribution in [3.8, 4) is 17.0 Å². The molecule has 4 rings (SSSR count). The SMILES string of the molecule is COc1ccc(-c2cc(C(=O)N(C)CC(=O)Nc3cccc(C)c3C)c3ccccc3n2)cc1. The number of ether oxygens (including phenoxy) is 1. The van der Waals surface area contributed by atoms with Gasteiger partial charge in [-0.3, -0.25) is 9.59 Å². The van der Waals surface area contributed by atoms with Crippen molar-refractivity contribution in [2.24, 2.45) is 0 Å². The second kappa shape index (κ2) is 9.75. The summed E-state index contributed by atoms with van der Waals surface area (Å²) in [6.45, 7) is 3.89. The number of carbonyl (C=O) groups is 2. The van der Waals surface area contributed by atoms with E-state index in [2.05, 4.69) is 5.32 Å². The number of carbonyl (C=O) groups excluding carboxylic acids is 2. The lowest BCUT2D eigenvalue weighted by Gasteiger charge is -2.19. The summed E-state index contributed by atoms with van der Waals surface area (Å²) in [5.41, 5.74) is 5.62. The highest BCUT2D eigenvalue weighted by molar-refractivity contribution is 6.08. The van der Waals surface area contributed by atoms with E-state index in [0.717, 1.165) is 33.5 Å². The lowest BCUT2D eigenvalue weighted by Crippen LogP contribution is -2.35. The Morgan fingerprint density at radius 3 is 2.44 bits per heavy atom. The van der Waals surface area contributed by atoms with Gasteiger partial charge in [0.2, 0.25) is 5.91 Å². The van der Waals surface area contributed by atoms with E-state index < -0.39 is 0 Å². The average Bonchev–Trinajstić information content (AvgIpc) is 2.85. The molecule has 0 radical (unpaired) electrons. The molecular formula is C28H27N3O3. The number of hydrogen-bond acceptors (Lipinski definition) is 4. The zero-order valence-corrected chi connectivity index (χ0v) is 19.8. The van der Waals surface area contributed by atoms with Gasteiger partial charge in [-0.15, -0.1) is 0 Å². The molecule has 1 aromatic heterocycles. The smallest absolute Gasteiger partial charge is 0.254 e. The average molecular weight is 454 g/mol. The monoisotopic (exact) mass is 453 g/mol. The summed E-state index contributed by atoms with van der Waals surface area (Å²) in [5, 5.41) is 3.66. The van der Waals surface area contributed by atoms with E-state index in [-0.39, 0.29) is 18.4 Å². The molecule has 0 atom stereocenters. The minimum Gasteiger partial charge on any atom is -0.497 e. The molecule has 0 saturated heterocycles. The quantitative estimate of drug-likeness (QED) is 0.434. The highest BCUT2D eigenvalue weighted by atomic mass is 16.5. The molecule has 0 aliphatic carbocycles. The van der Waals surface area contributed by atoms with Crippen molar-refractivity contribution in [3.05, 3.63) is 89.5 Å². The summed E-state index contributed by atoms with van der Waals surface area (Å²) < 4.78 is 5.24. The van der Waals surface area contributed by atoms with Crippen molar-refractivity contribution >= 4 is 28.4 Å². The third-order valence-electron chi connectivity index (χ3n) is 5.94. The molecule has 0 saturated carbocycles. The number of likely N-dealkylation sites (N-methyl/N-ethyl adjacent to an activating group) is 1. The van der Waals surface area contributed by atoms with Crippen LogP contribution < -0.4 is 10.1 Å². The largest absolute Gasteiger partial charge is 0.497 e. The molecule has 0 aliphatic heterocycles. The van der Waals surface area contributed by atoms with E-state index in [0.29, 0.717) is 16.8 Å². The number of hydrogen-bond donors (Lipinski definition) is 1. The summed E-state index contributed by atoms with van der Waals surface area (Å²) in [6.07, 6.45) is 0. The molecule has 6 heteroatoms. The Kier molecular flexibility index (Phi) is 6.59. The third-order valence-corrected chi connectivity index (χ3v) is 5.94. The van der Waals surface area contributed by atoms with Crippen molar-refractivity contribution in [1.29, 1.82) is 0 Å². The first-order valence-electron chi connectivity index (χ1n) is 11.0. The van der Waals surface area contributed by atoms with Gasteiger partial charge in [0.1, 0.15) is 5.75 Å². The standard InChI is InChI=1S/C28H27N3O3/c1-18-8-7-11-24(19(18)2)30-27(32)17-31(3)28(33)23-16-26(20-12-14-21(34-4)15-13-20)29-25-10-6-5-9-22(23)25/h5-16H,17H2,1-4H3,(H,30,32). The molecule has 2 amide bonds. The molecule has 0 aliphatic rings. The molecular weight excluding hydrogens is 426 g/mol. The second-order valence-corrected chi connectivity index (χ2v) is 8.26. The van der Waals surface area contributed by atoms with Gasteiger partial charge in [-0.1, -0.05) is 30.3 Å². The van der Waals surface area contributed by atoms with Gasteiger partial charge in [-0.05, 0) is 67.4 Å².